The third-order valence-corrected chi connectivity index (χ3v) is 5.73. The van der Waals surface area contributed by atoms with Gasteiger partial charge in [-0.2, -0.15) is 0 Å². The van der Waals surface area contributed by atoms with E-state index in [9.17, 15) is 4.79 Å². The summed E-state index contributed by atoms with van der Waals surface area (Å²) >= 11 is 0. The van der Waals surface area contributed by atoms with Crippen LogP contribution in [-0.2, 0) is 19.3 Å². The van der Waals surface area contributed by atoms with Crippen molar-refractivity contribution in [3.8, 4) is 11.3 Å². The molecule has 0 unspecified atom stereocenters. The van der Waals surface area contributed by atoms with E-state index in [2.05, 4.69) is 33.5 Å². The van der Waals surface area contributed by atoms with Crippen molar-refractivity contribution < 1.29 is 4.79 Å². The maximum absolute atomic E-state index is 12.8. The normalized spacial score (nSPS) is 12.8. The van der Waals surface area contributed by atoms with E-state index >= 15 is 0 Å². The monoisotopic (exact) mass is 397 g/mol. The molecule has 0 spiro atoms. The molecule has 0 saturated carbocycles. The minimum atomic E-state index is -0.200. The van der Waals surface area contributed by atoms with Gasteiger partial charge in [0.05, 0.1) is 5.69 Å². The van der Waals surface area contributed by atoms with Crippen molar-refractivity contribution in [1.29, 1.82) is 0 Å². The fourth-order valence-electron chi connectivity index (χ4n) is 4.13. The van der Waals surface area contributed by atoms with Gasteiger partial charge in [-0.05, 0) is 67.5 Å². The largest absolute Gasteiger partial charge is 0.350 e. The number of nitrogens with zero attached hydrogens (tertiary/aromatic N) is 4. The molecular formula is C24H23N5O. The van der Waals surface area contributed by atoms with E-state index in [0.29, 0.717) is 17.9 Å². The van der Waals surface area contributed by atoms with Crippen LogP contribution in [-0.4, -0.2) is 31.8 Å². The Morgan fingerprint density at radius 1 is 1.17 bits per heavy atom. The molecule has 4 aromatic rings. The lowest BCUT2D eigenvalue weighted by atomic mass is 10.0. The van der Waals surface area contributed by atoms with E-state index in [4.69, 9.17) is 4.98 Å². The molecule has 1 aromatic carbocycles. The number of fused-ring (bicyclic) bond motifs is 2. The summed E-state index contributed by atoms with van der Waals surface area (Å²) in [6.07, 6.45) is 9.56. The number of nitrogens with one attached hydrogen (secondary N) is 1. The second-order valence-corrected chi connectivity index (χ2v) is 7.77. The Hall–Kier alpha value is -3.54. The highest BCUT2D eigenvalue weighted by atomic mass is 16.1. The number of imidazole rings is 1. The second kappa shape index (κ2) is 7.71. The number of pyridine rings is 1. The molecule has 0 fully saturated rings. The molecule has 5 rings (SSSR count). The predicted octanol–water partition coefficient (Wildman–Crippen LogP) is 3.56. The first-order valence-electron chi connectivity index (χ1n) is 10.3. The van der Waals surface area contributed by atoms with Gasteiger partial charge in [0, 0.05) is 30.2 Å². The van der Waals surface area contributed by atoms with Crippen molar-refractivity contribution in [2.75, 3.05) is 6.54 Å². The summed E-state index contributed by atoms with van der Waals surface area (Å²) in [6.45, 7) is 2.55. The molecule has 3 heterocycles. The average Bonchev–Trinajstić information content (AvgIpc) is 3.41. The molecular weight excluding hydrogens is 374 g/mol. The van der Waals surface area contributed by atoms with Gasteiger partial charge in [-0.3, -0.25) is 14.2 Å². The summed E-state index contributed by atoms with van der Waals surface area (Å²) in [5.41, 5.74) is 7.75. The van der Waals surface area contributed by atoms with Gasteiger partial charge in [0.15, 0.2) is 11.3 Å². The number of hydrogen-bond acceptors (Lipinski definition) is 4. The molecule has 6 nitrogen and oxygen atoms in total. The van der Waals surface area contributed by atoms with Gasteiger partial charge in [-0.15, -0.1) is 0 Å². The maximum Gasteiger partial charge on any atom is 0.273 e. The Bertz CT molecular complexity index is 1230. The number of amides is 1. The zero-order valence-electron chi connectivity index (χ0n) is 16.9. The van der Waals surface area contributed by atoms with E-state index in [1.807, 2.05) is 29.5 Å². The third-order valence-electron chi connectivity index (χ3n) is 5.73. The van der Waals surface area contributed by atoms with Gasteiger partial charge in [0.2, 0.25) is 0 Å². The molecule has 1 N–H and O–H groups in total. The lowest BCUT2D eigenvalue weighted by molar-refractivity contribution is 0.0951. The maximum atomic E-state index is 12.8. The first-order chi connectivity index (χ1) is 14.7. The Morgan fingerprint density at radius 3 is 2.93 bits per heavy atom. The van der Waals surface area contributed by atoms with E-state index in [1.165, 1.54) is 36.0 Å². The van der Waals surface area contributed by atoms with Crippen LogP contribution in [0.25, 0.3) is 16.9 Å². The van der Waals surface area contributed by atoms with Crippen LogP contribution in [0.15, 0.2) is 55.1 Å². The van der Waals surface area contributed by atoms with Gasteiger partial charge < -0.3 is 5.32 Å². The van der Waals surface area contributed by atoms with Crippen LogP contribution < -0.4 is 5.32 Å². The summed E-state index contributed by atoms with van der Waals surface area (Å²) < 4.78 is 1.84. The van der Waals surface area contributed by atoms with E-state index in [-0.39, 0.29) is 5.91 Å². The van der Waals surface area contributed by atoms with Crippen LogP contribution in [0, 0.1) is 6.92 Å². The van der Waals surface area contributed by atoms with Gasteiger partial charge in [-0.1, -0.05) is 18.2 Å². The lowest BCUT2D eigenvalue weighted by Crippen LogP contribution is -2.26. The smallest absolute Gasteiger partial charge is 0.273 e. The van der Waals surface area contributed by atoms with Crippen molar-refractivity contribution >= 4 is 11.6 Å². The number of aromatic nitrogens is 4. The number of aryl methyl sites for hydroxylation is 3. The number of carbonyl (C=O) groups excluding carboxylic acids is 1. The van der Waals surface area contributed by atoms with Gasteiger partial charge in [-0.25, -0.2) is 9.97 Å². The minimum absolute atomic E-state index is 0.200. The molecule has 0 aliphatic heterocycles. The van der Waals surface area contributed by atoms with Crippen LogP contribution in [0.4, 0.5) is 0 Å². The number of rotatable bonds is 5. The second-order valence-electron chi connectivity index (χ2n) is 7.77. The predicted molar refractivity (Wildman–Crippen MR) is 115 cm³/mol. The fourth-order valence-corrected chi connectivity index (χ4v) is 4.13. The Labute approximate surface area is 175 Å². The highest BCUT2D eigenvalue weighted by molar-refractivity contribution is 5.98. The molecule has 150 valence electrons. The minimum Gasteiger partial charge on any atom is -0.350 e. The topological polar surface area (TPSA) is 72.2 Å². The Balaban J connectivity index is 1.34. The number of benzene rings is 1. The van der Waals surface area contributed by atoms with Gasteiger partial charge in [0.25, 0.3) is 5.91 Å². The molecule has 0 saturated heterocycles. The fraction of sp³-hybridized carbons (Fsp3) is 0.250. The molecule has 0 radical (unpaired) electrons. The summed E-state index contributed by atoms with van der Waals surface area (Å²) in [4.78, 5) is 26.0. The third kappa shape index (κ3) is 3.45. The molecule has 0 bridgehead atoms. The average molecular weight is 397 g/mol. The summed E-state index contributed by atoms with van der Waals surface area (Å²) in [7, 11) is 0. The molecule has 1 amide bonds. The van der Waals surface area contributed by atoms with Crippen molar-refractivity contribution in [1.82, 2.24) is 24.7 Å². The van der Waals surface area contributed by atoms with Crippen LogP contribution in [0.3, 0.4) is 0 Å². The van der Waals surface area contributed by atoms with Crippen LogP contribution in [0.1, 0.15) is 39.3 Å². The zero-order valence-corrected chi connectivity index (χ0v) is 16.9. The summed E-state index contributed by atoms with van der Waals surface area (Å²) in [5, 5.41) is 3.00. The van der Waals surface area contributed by atoms with Gasteiger partial charge >= 0.3 is 0 Å². The number of hydrogen-bond donors (Lipinski definition) is 1. The first kappa shape index (κ1) is 18.5. The highest BCUT2D eigenvalue weighted by Crippen LogP contribution is 2.23. The molecule has 1 aliphatic carbocycles. The Morgan fingerprint density at radius 2 is 2.07 bits per heavy atom. The summed E-state index contributed by atoms with van der Waals surface area (Å²) in [5.74, 6) is -0.200. The van der Waals surface area contributed by atoms with Crippen molar-refractivity contribution in [2.24, 2.45) is 0 Å². The van der Waals surface area contributed by atoms with E-state index in [0.717, 1.165) is 23.4 Å². The summed E-state index contributed by atoms with van der Waals surface area (Å²) in [6, 6.07) is 12.5. The molecule has 6 heteroatoms. The van der Waals surface area contributed by atoms with Crippen molar-refractivity contribution in [2.45, 2.75) is 32.6 Å². The van der Waals surface area contributed by atoms with E-state index in [1.54, 1.807) is 18.7 Å². The van der Waals surface area contributed by atoms with Crippen molar-refractivity contribution in [3.05, 3.63) is 83.2 Å². The molecule has 3 aromatic heterocycles. The Kier molecular flexibility index (Phi) is 4.75. The lowest BCUT2D eigenvalue weighted by Gasteiger charge is -2.08. The number of carbonyl (C=O) groups is 1. The highest BCUT2D eigenvalue weighted by Gasteiger charge is 2.17. The van der Waals surface area contributed by atoms with Crippen LogP contribution in [0.2, 0.25) is 0 Å². The molecule has 1 aliphatic rings. The zero-order chi connectivity index (χ0) is 20.5. The van der Waals surface area contributed by atoms with Crippen molar-refractivity contribution in [3.63, 3.8) is 0 Å². The molecule has 0 atom stereocenters. The molecule has 30 heavy (non-hydrogen) atoms. The van der Waals surface area contributed by atoms with E-state index < -0.39 is 0 Å². The van der Waals surface area contributed by atoms with Crippen LogP contribution in [0.5, 0.6) is 0 Å². The first-order valence-corrected chi connectivity index (χ1v) is 10.3. The standard InChI is InChI=1S/C24H23N5O/c1-16-12-21(20-6-3-10-25-14-20)28-23-22(27-15-29(16)23)24(30)26-11-9-17-7-8-18-4-2-5-19(18)13-17/h3,6-8,10,12-15H,2,4-5,9,11H2,1H3,(H,26,30). The van der Waals surface area contributed by atoms with Gasteiger partial charge in [0.1, 0.15) is 6.33 Å². The SMILES string of the molecule is Cc1cc(-c2cccnc2)nc2c(C(=O)NCCc3ccc4c(c3)CCC4)ncn12. The quantitative estimate of drug-likeness (QED) is 0.559. The van der Waals surface area contributed by atoms with Crippen LogP contribution >= 0.6 is 0 Å².